The van der Waals surface area contributed by atoms with Gasteiger partial charge < -0.3 is 10.6 Å². The molecule has 2 N–H and O–H groups in total. The summed E-state index contributed by atoms with van der Waals surface area (Å²) in [6, 6.07) is 0. The molecule has 3 heteroatoms. The van der Waals surface area contributed by atoms with Gasteiger partial charge >= 0.3 is 0 Å². The molecule has 0 spiro atoms. The summed E-state index contributed by atoms with van der Waals surface area (Å²) in [5, 5.41) is 0. The fraction of sp³-hybridized carbons (Fsp3) is 1.00. The van der Waals surface area contributed by atoms with E-state index < -0.39 is 0 Å². The highest BCUT2D eigenvalue weighted by molar-refractivity contribution is 4.97. The van der Waals surface area contributed by atoms with E-state index in [4.69, 9.17) is 5.73 Å². The molecular weight excluding hydrogens is 246 g/mol. The highest BCUT2D eigenvalue weighted by Crippen LogP contribution is 2.42. The summed E-state index contributed by atoms with van der Waals surface area (Å²) < 4.78 is 0. The van der Waals surface area contributed by atoms with Crippen LogP contribution in [0.4, 0.5) is 0 Å². The molecule has 20 heavy (non-hydrogen) atoms. The van der Waals surface area contributed by atoms with Crippen LogP contribution in [0.3, 0.4) is 0 Å². The van der Waals surface area contributed by atoms with Gasteiger partial charge in [0.05, 0.1) is 0 Å². The van der Waals surface area contributed by atoms with E-state index in [0.717, 1.165) is 12.5 Å². The summed E-state index contributed by atoms with van der Waals surface area (Å²) in [7, 11) is 4.56. The third kappa shape index (κ3) is 3.75. The van der Waals surface area contributed by atoms with E-state index >= 15 is 0 Å². The van der Waals surface area contributed by atoms with E-state index in [-0.39, 0.29) is 5.54 Å². The Kier molecular flexibility index (Phi) is 5.14. The highest BCUT2D eigenvalue weighted by Gasteiger charge is 2.40. The first-order valence-electron chi connectivity index (χ1n) is 8.47. The molecule has 118 valence electrons. The van der Waals surface area contributed by atoms with Crippen LogP contribution < -0.4 is 5.73 Å². The maximum atomic E-state index is 6.21. The number of nitrogens with two attached hydrogens (primary N) is 1. The van der Waals surface area contributed by atoms with Crippen LogP contribution in [0.15, 0.2) is 0 Å². The first-order valence-corrected chi connectivity index (χ1v) is 8.47. The second kappa shape index (κ2) is 6.33. The first kappa shape index (κ1) is 16.3. The quantitative estimate of drug-likeness (QED) is 0.859. The van der Waals surface area contributed by atoms with Crippen molar-refractivity contribution >= 4 is 0 Å². The van der Waals surface area contributed by atoms with Crippen LogP contribution in [0.5, 0.6) is 0 Å². The molecule has 1 heterocycles. The number of hydrogen-bond acceptors (Lipinski definition) is 3. The lowest BCUT2D eigenvalue weighted by Crippen LogP contribution is -2.56. The third-order valence-corrected chi connectivity index (χ3v) is 6.09. The zero-order valence-corrected chi connectivity index (χ0v) is 14.1. The fourth-order valence-electron chi connectivity index (χ4n) is 3.96. The van der Waals surface area contributed by atoms with Gasteiger partial charge in [0.15, 0.2) is 0 Å². The van der Waals surface area contributed by atoms with Crippen LogP contribution in [-0.2, 0) is 0 Å². The first-order chi connectivity index (χ1) is 9.37. The van der Waals surface area contributed by atoms with Gasteiger partial charge in [0.2, 0.25) is 0 Å². The van der Waals surface area contributed by atoms with Crippen molar-refractivity contribution in [1.29, 1.82) is 0 Å². The van der Waals surface area contributed by atoms with E-state index in [1.54, 1.807) is 0 Å². The van der Waals surface area contributed by atoms with Crippen LogP contribution in [0.25, 0.3) is 0 Å². The van der Waals surface area contributed by atoms with Gasteiger partial charge in [-0.3, -0.25) is 4.90 Å². The molecular formula is C17H35N3. The van der Waals surface area contributed by atoms with Crippen molar-refractivity contribution in [2.45, 2.75) is 57.9 Å². The SMILES string of the molecule is CN1CCC(CN(C)C2(CN)CCC(C)(C)CC2)CC1. The second-order valence-corrected chi connectivity index (χ2v) is 8.22. The van der Waals surface area contributed by atoms with Crippen molar-refractivity contribution < 1.29 is 0 Å². The Hall–Kier alpha value is -0.120. The Labute approximate surface area is 125 Å². The monoisotopic (exact) mass is 281 g/mol. The van der Waals surface area contributed by atoms with Crippen molar-refractivity contribution in [3.63, 3.8) is 0 Å². The van der Waals surface area contributed by atoms with Gasteiger partial charge in [0.1, 0.15) is 0 Å². The second-order valence-electron chi connectivity index (χ2n) is 8.22. The molecule has 1 aliphatic heterocycles. The summed E-state index contributed by atoms with van der Waals surface area (Å²) in [5.41, 5.74) is 7.00. The Balaban J connectivity index is 1.90. The molecule has 0 radical (unpaired) electrons. The molecule has 0 aromatic heterocycles. The lowest BCUT2D eigenvalue weighted by Gasteiger charge is -2.49. The largest absolute Gasteiger partial charge is 0.329 e. The molecule has 0 aromatic carbocycles. The van der Waals surface area contributed by atoms with Gasteiger partial charge in [-0.25, -0.2) is 0 Å². The topological polar surface area (TPSA) is 32.5 Å². The average Bonchev–Trinajstić information content (AvgIpc) is 2.42. The van der Waals surface area contributed by atoms with Gasteiger partial charge in [0.25, 0.3) is 0 Å². The molecule has 0 amide bonds. The standard InChI is InChI=1S/C17H35N3/c1-16(2)7-9-17(14-18,10-8-16)20(4)13-15-5-11-19(3)12-6-15/h15H,5-14,18H2,1-4H3. The van der Waals surface area contributed by atoms with E-state index in [9.17, 15) is 0 Å². The van der Waals surface area contributed by atoms with Gasteiger partial charge in [-0.05, 0) is 77.0 Å². The van der Waals surface area contributed by atoms with Gasteiger partial charge in [0, 0.05) is 18.6 Å². The Morgan fingerprint density at radius 1 is 1.10 bits per heavy atom. The van der Waals surface area contributed by atoms with Crippen LogP contribution in [0, 0.1) is 11.3 Å². The number of nitrogens with zero attached hydrogens (tertiary/aromatic N) is 2. The molecule has 1 saturated carbocycles. The van der Waals surface area contributed by atoms with E-state index in [2.05, 4.69) is 37.7 Å². The highest BCUT2D eigenvalue weighted by atomic mass is 15.2. The molecule has 0 unspecified atom stereocenters. The molecule has 0 aromatic rings. The number of rotatable bonds is 4. The number of piperidine rings is 1. The predicted molar refractivity (Wildman–Crippen MR) is 86.9 cm³/mol. The lowest BCUT2D eigenvalue weighted by atomic mass is 9.68. The van der Waals surface area contributed by atoms with Gasteiger partial charge in [-0.1, -0.05) is 13.8 Å². The van der Waals surface area contributed by atoms with Crippen LogP contribution in [-0.4, -0.2) is 55.6 Å². The van der Waals surface area contributed by atoms with E-state index in [0.29, 0.717) is 5.41 Å². The number of likely N-dealkylation sites (N-methyl/N-ethyl adjacent to an activating group) is 1. The van der Waals surface area contributed by atoms with Crippen LogP contribution in [0.2, 0.25) is 0 Å². The minimum Gasteiger partial charge on any atom is -0.329 e. The van der Waals surface area contributed by atoms with Gasteiger partial charge in [-0.2, -0.15) is 0 Å². The average molecular weight is 281 g/mol. The molecule has 0 atom stereocenters. The minimum absolute atomic E-state index is 0.277. The smallest absolute Gasteiger partial charge is 0.0329 e. The third-order valence-electron chi connectivity index (χ3n) is 6.09. The molecule has 3 nitrogen and oxygen atoms in total. The lowest BCUT2D eigenvalue weighted by molar-refractivity contribution is 0.0244. The van der Waals surface area contributed by atoms with Crippen LogP contribution in [0.1, 0.15) is 52.4 Å². The summed E-state index contributed by atoms with van der Waals surface area (Å²) in [6.07, 6.45) is 7.91. The maximum absolute atomic E-state index is 6.21. The van der Waals surface area contributed by atoms with Crippen LogP contribution >= 0.6 is 0 Å². The summed E-state index contributed by atoms with van der Waals surface area (Å²) in [4.78, 5) is 5.08. The van der Waals surface area contributed by atoms with E-state index in [1.165, 1.54) is 58.2 Å². The van der Waals surface area contributed by atoms with E-state index in [1.807, 2.05) is 0 Å². The molecule has 2 rings (SSSR count). The molecule has 0 bridgehead atoms. The number of hydrogen-bond donors (Lipinski definition) is 1. The molecule has 2 aliphatic rings. The molecule has 1 saturated heterocycles. The molecule has 2 fully saturated rings. The fourth-order valence-corrected chi connectivity index (χ4v) is 3.96. The zero-order chi connectivity index (χ0) is 14.8. The van der Waals surface area contributed by atoms with Crippen molar-refractivity contribution in [1.82, 2.24) is 9.80 Å². The van der Waals surface area contributed by atoms with Crippen molar-refractivity contribution in [3.05, 3.63) is 0 Å². The summed E-state index contributed by atoms with van der Waals surface area (Å²) in [5.74, 6) is 0.870. The Bertz CT molecular complexity index is 295. The predicted octanol–water partition coefficient (Wildman–Crippen LogP) is 2.56. The molecule has 1 aliphatic carbocycles. The maximum Gasteiger partial charge on any atom is 0.0329 e. The van der Waals surface area contributed by atoms with Crippen molar-refractivity contribution in [2.24, 2.45) is 17.1 Å². The summed E-state index contributed by atoms with van der Waals surface area (Å²) >= 11 is 0. The number of likely N-dealkylation sites (tertiary alicyclic amines) is 1. The Morgan fingerprint density at radius 3 is 2.15 bits per heavy atom. The Morgan fingerprint density at radius 2 is 1.65 bits per heavy atom. The summed E-state index contributed by atoms with van der Waals surface area (Å²) in [6.45, 7) is 9.41. The normalized spacial score (nSPS) is 27.9. The van der Waals surface area contributed by atoms with Crippen molar-refractivity contribution in [2.75, 3.05) is 40.3 Å². The minimum atomic E-state index is 0.277. The zero-order valence-electron chi connectivity index (χ0n) is 14.1. The van der Waals surface area contributed by atoms with Gasteiger partial charge in [-0.15, -0.1) is 0 Å². The van der Waals surface area contributed by atoms with Crippen molar-refractivity contribution in [3.8, 4) is 0 Å².